The fourth-order valence-electron chi connectivity index (χ4n) is 3.28. The summed E-state index contributed by atoms with van der Waals surface area (Å²) in [5.41, 5.74) is 3.93. The Morgan fingerprint density at radius 3 is 2.41 bits per heavy atom. The Kier molecular flexibility index (Phi) is 2.25. The lowest BCUT2D eigenvalue weighted by Crippen LogP contribution is -2.14. The standard InChI is InChI=1S/C20H13NO/c1-2-4-15-12-19-16(11-14(15)3-1)6-8-18-17(19)7-5-13-9-10-21-22-20(13)18/h1-12,21H. The highest BCUT2D eigenvalue weighted by Crippen LogP contribution is 2.37. The summed E-state index contributed by atoms with van der Waals surface area (Å²) in [6, 6.07) is 21.6. The molecule has 1 aliphatic rings. The smallest absolute Gasteiger partial charge is 0.170 e. The molecule has 2 nitrogen and oxygen atoms in total. The normalized spacial score (nSPS) is 13.1. The first-order chi connectivity index (χ1) is 10.9. The van der Waals surface area contributed by atoms with Crippen molar-refractivity contribution in [2.75, 3.05) is 0 Å². The molecule has 4 aromatic rings. The van der Waals surface area contributed by atoms with E-state index in [-0.39, 0.29) is 0 Å². The molecule has 1 aliphatic heterocycles. The van der Waals surface area contributed by atoms with E-state index in [2.05, 4.69) is 66.1 Å². The SMILES string of the molecule is C1=Cc2ccc3c(ccc4cc5ccccc5cc43)c2ON1. The third-order valence-electron chi connectivity index (χ3n) is 4.36. The zero-order valence-corrected chi connectivity index (χ0v) is 11.8. The van der Waals surface area contributed by atoms with E-state index in [9.17, 15) is 0 Å². The lowest BCUT2D eigenvalue weighted by Gasteiger charge is -2.16. The number of benzene rings is 4. The fraction of sp³-hybridized carbons (Fsp3) is 0. The zero-order chi connectivity index (χ0) is 14.5. The van der Waals surface area contributed by atoms with Crippen LogP contribution in [0, 0.1) is 0 Å². The first-order valence-corrected chi connectivity index (χ1v) is 7.37. The van der Waals surface area contributed by atoms with Gasteiger partial charge in [-0.3, -0.25) is 0 Å². The van der Waals surface area contributed by atoms with Gasteiger partial charge in [-0.1, -0.05) is 42.5 Å². The Bertz CT molecular complexity index is 1080. The van der Waals surface area contributed by atoms with E-state index in [0.717, 1.165) is 16.7 Å². The number of rotatable bonds is 0. The van der Waals surface area contributed by atoms with E-state index >= 15 is 0 Å². The second kappa shape index (κ2) is 4.25. The number of nitrogens with one attached hydrogen (secondary N) is 1. The number of hydrogen-bond acceptors (Lipinski definition) is 2. The van der Waals surface area contributed by atoms with Crippen LogP contribution < -0.4 is 10.3 Å². The molecule has 5 rings (SSSR count). The van der Waals surface area contributed by atoms with E-state index in [1.54, 1.807) is 0 Å². The minimum atomic E-state index is 0.898. The number of hydrogen-bond donors (Lipinski definition) is 1. The lowest BCUT2D eigenvalue weighted by atomic mass is 9.96. The predicted octanol–water partition coefficient (Wildman–Crippen LogP) is 5.01. The molecule has 0 saturated heterocycles. The predicted molar refractivity (Wildman–Crippen MR) is 91.8 cm³/mol. The van der Waals surface area contributed by atoms with Crippen LogP contribution in [0.2, 0.25) is 0 Å². The molecule has 4 aromatic carbocycles. The van der Waals surface area contributed by atoms with Gasteiger partial charge in [-0.05, 0) is 51.2 Å². The van der Waals surface area contributed by atoms with Crippen molar-refractivity contribution in [3.05, 3.63) is 72.4 Å². The summed E-state index contributed by atoms with van der Waals surface area (Å²) in [6.07, 6.45) is 3.84. The number of fused-ring (bicyclic) bond motifs is 6. The zero-order valence-electron chi connectivity index (χ0n) is 11.8. The molecule has 0 aliphatic carbocycles. The first kappa shape index (κ1) is 11.6. The monoisotopic (exact) mass is 283 g/mol. The van der Waals surface area contributed by atoms with E-state index < -0.39 is 0 Å². The Labute approximate surface area is 127 Å². The Morgan fingerprint density at radius 1 is 0.682 bits per heavy atom. The van der Waals surface area contributed by atoms with Gasteiger partial charge in [0.05, 0.1) is 0 Å². The summed E-state index contributed by atoms with van der Waals surface area (Å²) in [5.74, 6) is 0.898. The van der Waals surface area contributed by atoms with Gasteiger partial charge in [0.1, 0.15) is 0 Å². The largest absolute Gasteiger partial charge is 0.381 e. The van der Waals surface area contributed by atoms with Gasteiger partial charge in [0.25, 0.3) is 0 Å². The van der Waals surface area contributed by atoms with Crippen molar-refractivity contribution in [2.45, 2.75) is 0 Å². The van der Waals surface area contributed by atoms with Crippen molar-refractivity contribution in [3.63, 3.8) is 0 Å². The van der Waals surface area contributed by atoms with E-state index in [4.69, 9.17) is 4.84 Å². The van der Waals surface area contributed by atoms with Crippen LogP contribution in [0.3, 0.4) is 0 Å². The molecule has 0 saturated carbocycles. The lowest BCUT2D eigenvalue weighted by molar-refractivity contribution is 0.242. The second-order valence-corrected chi connectivity index (χ2v) is 5.62. The molecular formula is C20H13NO. The molecule has 22 heavy (non-hydrogen) atoms. The van der Waals surface area contributed by atoms with Crippen LogP contribution in [0.1, 0.15) is 5.56 Å². The minimum Gasteiger partial charge on any atom is -0.381 e. The summed E-state index contributed by atoms with van der Waals surface area (Å²) in [7, 11) is 0. The highest BCUT2D eigenvalue weighted by molar-refractivity contribution is 6.14. The Balaban J connectivity index is 1.95. The molecule has 2 heteroatoms. The summed E-state index contributed by atoms with van der Waals surface area (Å²) in [6.45, 7) is 0. The molecule has 0 amide bonds. The topological polar surface area (TPSA) is 21.3 Å². The van der Waals surface area contributed by atoms with Crippen molar-refractivity contribution >= 4 is 38.4 Å². The molecule has 0 atom stereocenters. The van der Waals surface area contributed by atoms with Crippen molar-refractivity contribution in [2.24, 2.45) is 0 Å². The second-order valence-electron chi connectivity index (χ2n) is 5.62. The maximum absolute atomic E-state index is 5.64. The van der Waals surface area contributed by atoms with Gasteiger partial charge < -0.3 is 4.84 Å². The van der Waals surface area contributed by atoms with Crippen LogP contribution in [-0.2, 0) is 0 Å². The van der Waals surface area contributed by atoms with Crippen molar-refractivity contribution < 1.29 is 4.84 Å². The highest BCUT2D eigenvalue weighted by Gasteiger charge is 2.12. The van der Waals surface area contributed by atoms with E-state index in [1.807, 2.05) is 12.3 Å². The Hall–Kier alpha value is -3.00. The highest BCUT2D eigenvalue weighted by atomic mass is 16.6. The van der Waals surface area contributed by atoms with Crippen LogP contribution in [-0.4, -0.2) is 0 Å². The van der Waals surface area contributed by atoms with Crippen molar-refractivity contribution in [1.29, 1.82) is 0 Å². The first-order valence-electron chi connectivity index (χ1n) is 7.37. The maximum atomic E-state index is 5.64. The van der Waals surface area contributed by atoms with Crippen LogP contribution in [0.25, 0.3) is 38.4 Å². The molecule has 0 unspecified atom stereocenters. The number of hydroxylamine groups is 1. The van der Waals surface area contributed by atoms with Crippen LogP contribution in [0.5, 0.6) is 5.75 Å². The van der Waals surface area contributed by atoms with Gasteiger partial charge in [0.15, 0.2) is 5.75 Å². The van der Waals surface area contributed by atoms with Crippen LogP contribution >= 0.6 is 0 Å². The molecule has 0 fully saturated rings. The van der Waals surface area contributed by atoms with Gasteiger partial charge in [0, 0.05) is 17.1 Å². The molecule has 0 aromatic heterocycles. The molecule has 0 bridgehead atoms. The Morgan fingerprint density at radius 2 is 1.50 bits per heavy atom. The molecule has 1 heterocycles. The maximum Gasteiger partial charge on any atom is 0.170 e. The quantitative estimate of drug-likeness (QED) is 0.361. The molecule has 1 N–H and O–H groups in total. The molecule has 0 spiro atoms. The fourth-order valence-corrected chi connectivity index (χ4v) is 3.28. The third-order valence-corrected chi connectivity index (χ3v) is 4.36. The van der Waals surface area contributed by atoms with Gasteiger partial charge in [-0.25, -0.2) is 5.48 Å². The van der Waals surface area contributed by atoms with Crippen molar-refractivity contribution in [3.8, 4) is 5.75 Å². The summed E-state index contributed by atoms with van der Waals surface area (Å²) < 4.78 is 0. The van der Waals surface area contributed by atoms with Crippen LogP contribution in [0.4, 0.5) is 0 Å². The summed E-state index contributed by atoms with van der Waals surface area (Å²) in [4.78, 5) is 5.64. The van der Waals surface area contributed by atoms with Gasteiger partial charge in [0.2, 0.25) is 0 Å². The third kappa shape index (κ3) is 1.55. The van der Waals surface area contributed by atoms with Gasteiger partial charge >= 0.3 is 0 Å². The summed E-state index contributed by atoms with van der Waals surface area (Å²) >= 11 is 0. The molecular weight excluding hydrogens is 270 g/mol. The van der Waals surface area contributed by atoms with Crippen molar-refractivity contribution in [1.82, 2.24) is 5.48 Å². The average Bonchev–Trinajstić information content (AvgIpc) is 2.59. The molecule has 0 radical (unpaired) electrons. The minimum absolute atomic E-state index is 0.898. The van der Waals surface area contributed by atoms with Gasteiger partial charge in [-0.2, -0.15) is 0 Å². The van der Waals surface area contributed by atoms with E-state index in [0.29, 0.717) is 0 Å². The van der Waals surface area contributed by atoms with Gasteiger partial charge in [-0.15, -0.1) is 0 Å². The molecule has 104 valence electrons. The van der Waals surface area contributed by atoms with E-state index in [1.165, 1.54) is 26.9 Å². The average molecular weight is 283 g/mol. The summed E-state index contributed by atoms with van der Waals surface area (Å²) in [5, 5.41) is 7.41. The van der Waals surface area contributed by atoms with Crippen LogP contribution in [0.15, 0.2) is 66.9 Å².